The Labute approximate surface area is 43.3 Å². The quantitative estimate of drug-likeness (QED) is 0.499. The third-order valence-electron chi connectivity index (χ3n) is 0.398. The van der Waals surface area contributed by atoms with E-state index < -0.39 is 6.30 Å². The molecule has 0 spiro atoms. The number of nitrogens with one attached hydrogen (secondary N) is 1. The van der Waals surface area contributed by atoms with Crippen molar-refractivity contribution < 1.29 is 4.39 Å². The van der Waals surface area contributed by atoms with Crippen LogP contribution in [0.2, 0.25) is 0 Å². The summed E-state index contributed by atoms with van der Waals surface area (Å²) < 4.78 is 11.3. The summed E-state index contributed by atoms with van der Waals surface area (Å²) in [5.41, 5.74) is 0. The van der Waals surface area contributed by atoms with Crippen molar-refractivity contribution in [2.45, 2.75) is 13.2 Å². The summed E-state index contributed by atoms with van der Waals surface area (Å²) in [6, 6.07) is 0. The van der Waals surface area contributed by atoms with Gasteiger partial charge in [0.05, 0.1) is 0 Å². The van der Waals surface area contributed by atoms with Crippen LogP contribution in [0, 0.1) is 0 Å². The Kier molecular flexibility index (Phi) is 8.19. The standard InChI is InChI=1S/C3H8FN.ClH/c1-3(4)5-2;/h3,5H,1-2H3;1H. The first-order chi connectivity index (χ1) is 2.27. The SMILES string of the molecule is CNC(C)F.Cl. The maximum Gasteiger partial charge on any atom is 0.148 e. The molecule has 0 rings (SSSR count). The molecule has 40 valence electrons. The maximum atomic E-state index is 11.3. The Morgan fingerprint density at radius 2 is 1.83 bits per heavy atom. The lowest BCUT2D eigenvalue weighted by atomic mass is 10.7. The van der Waals surface area contributed by atoms with E-state index in [0.717, 1.165) is 0 Å². The highest BCUT2D eigenvalue weighted by atomic mass is 35.5. The van der Waals surface area contributed by atoms with Gasteiger partial charge >= 0.3 is 0 Å². The van der Waals surface area contributed by atoms with E-state index in [1.807, 2.05) is 0 Å². The second-order valence-electron chi connectivity index (χ2n) is 0.905. The second-order valence-corrected chi connectivity index (χ2v) is 0.905. The van der Waals surface area contributed by atoms with E-state index in [4.69, 9.17) is 0 Å². The van der Waals surface area contributed by atoms with Crippen LogP contribution in [0.25, 0.3) is 0 Å². The molecule has 0 aromatic heterocycles. The Balaban J connectivity index is 0. The summed E-state index contributed by atoms with van der Waals surface area (Å²) in [5, 5.41) is 2.36. The van der Waals surface area contributed by atoms with Gasteiger partial charge in [-0.2, -0.15) is 0 Å². The average molecular weight is 114 g/mol. The van der Waals surface area contributed by atoms with E-state index >= 15 is 0 Å². The molecule has 0 fully saturated rings. The summed E-state index contributed by atoms with van der Waals surface area (Å²) in [4.78, 5) is 0. The minimum absolute atomic E-state index is 0. The highest BCUT2D eigenvalue weighted by molar-refractivity contribution is 5.85. The van der Waals surface area contributed by atoms with E-state index in [-0.39, 0.29) is 12.4 Å². The minimum atomic E-state index is -0.866. The molecule has 0 amide bonds. The van der Waals surface area contributed by atoms with E-state index in [1.165, 1.54) is 6.92 Å². The molecular formula is C3H9ClFN. The highest BCUT2D eigenvalue weighted by Crippen LogP contribution is 1.72. The number of hydrogen-bond donors (Lipinski definition) is 1. The summed E-state index contributed by atoms with van der Waals surface area (Å²) in [7, 11) is 1.57. The van der Waals surface area contributed by atoms with Crippen LogP contribution in [-0.4, -0.2) is 13.3 Å². The number of rotatable bonds is 1. The number of hydrogen-bond acceptors (Lipinski definition) is 1. The highest BCUT2D eigenvalue weighted by Gasteiger charge is 1.82. The Morgan fingerprint density at radius 3 is 1.83 bits per heavy atom. The Morgan fingerprint density at radius 1 is 1.67 bits per heavy atom. The lowest BCUT2D eigenvalue weighted by Gasteiger charge is -1.90. The summed E-state index contributed by atoms with van der Waals surface area (Å²) in [6.07, 6.45) is -0.866. The van der Waals surface area contributed by atoms with E-state index in [1.54, 1.807) is 7.05 Å². The Bertz CT molecular complexity index is 24.8. The molecule has 0 bridgehead atoms. The van der Waals surface area contributed by atoms with Crippen LogP contribution in [0.15, 0.2) is 0 Å². The molecule has 0 aliphatic heterocycles. The predicted molar refractivity (Wildman–Crippen MR) is 26.9 cm³/mol. The fourth-order valence-corrected chi connectivity index (χ4v) is 0. The van der Waals surface area contributed by atoms with Crippen LogP contribution >= 0.6 is 12.4 Å². The van der Waals surface area contributed by atoms with E-state index in [9.17, 15) is 4.39 Å². The van der Waals surface area contributed by atoms with Gasteiger partial charge in [0.15, 0.2) is 0 Å². The van der Waals surface area contributed by atoms with E-state index in [0.29, 0.717) is 0 Å². The van der Waals surface area contributed by atoms with Crippen LogP contribution in [-0.2, 0) is 0 Å². The molecular weight excluding hydrogens is 104 g/mol. The molecule has 0 aromatic carbocycles. The van der Waals surface area contributed by atoms with Crippen molar-refractivity contribution in [2.24, 2.45) is 0 Å². The average Bonchev–Trinajstić information content (AvgIpc) is 1.38. The molecule has 6 heavy (non-hydrogen) atoms. The summed E-state index contributed by atoms with van der Waals surface area (Å²) in [6.45, 7) is 1.44. The molecule has 1 unspecified atom stereocenters. The van der Waals surface area contributed by atoms with Crippen LogP contribution in [0.5, 0.6) is 0 Å². The predicted octanol–water partition coefficient (Wildman–Crippen LogP) is 0.943. The molecule has 0 saturated carbocycles. The number of alkyl halides is 1. The van der Waals surface area contributed by atoms with Crippen molar-refractivity contribution in [3.05, 3.63) is 0 Å². The van der Waals surface area contributed by atoms with Gasteiger partial charge in [-0.1, -0.05) is 0 Å². The zero-order valence-electron chi connectivity index (χ0n) is 3.86. The zero-order valence-corrected chi connectivity index (χ0v) is 4.68. The summed E-state index contributed by atoms with van der Waals surface area (Å²) in [5.74, 6) is 0. The maximum absolute atomic E-state index is 11.3. The molecule has 0 aromatic rings. The van der Waals surface area contributed by atoms with Gasteiger partial charge in [0.1, 0.15) is 6.30 Å². The molecule has 0 aliphatic rings. The lowest BCUT2D eigenvalue weighted by Crippen LogP contribution is -2.13. The molecule has 1 nitrogen and oxygen atoms in total. The van der Waals surface area contributed by atoms with Crippen molar-refractivity contribution in [1.29, 1.82) is 0 Å². The topological polar surface area (TPSA) is 12.0 Å². The van der Waals surface area contributed by atoms with E-state index in [2.05, 4.69) is 5.32 Å². The van der Waals surface area contributed by atoms with Crippen molar-refractivity contribution in [3.63, 3.8) is 0 Å². The first-order valence-corrected chi connectivity index (χ1v) is 1.58. The summed E-state index contributed by atoms with van der Waals surface area (Å²) >= 11 is 0. The van der Waals surface area contributed by atoms with Crippen molar-refractivity contribution >= 4 is 12.4 Å². The van der Waals surface area contributed by atoms with Crippen LogP contribution < -0.4 is 5.32 Å². The fourth-order valence-electron chi connectivity index (χ4n) is 0. The molecule has 0 radical (unpaired) electrons. The van der Waals surface area contributed by atoms with Gasteiger partial charge in [0.25, 0.3) is 0 Å². The van der Waals surface area contributed by atoms with Gasteiger partial charge in [-0.05, 0) is 14.0 Å². The van der Waals surface area contributed by atoms with Gasteiger partial charge in [-0.3, -0.25) is 5.32 Å². The Hall–Kier alpha value is 0.180. The third kappa shape index (κ3) is 8.89. The molecule has 0 saturated heterocycles. The fraction of sp³-hybridized carbons (Fsp3) is 1.00. The van der Waals surface area contributed by atoms with Gasteiger partial charge in [-0.25, -0.2) is 4.39 Å². The largest absolute Gasteiger partial charge is 0.291 e. The molecule has 1 N–H and O–H groups in total. The second kappa shape index (κ2) is 5.18. The number of halogens is 2. The van der Waals surface area contributed by atoms with Gasteiger partial charge in [0.2, 0.25) is 0 Å². The smallest absolute Gasteiger partial charge is 0.148 e. The third-order valence-corrected chi connectivity index (χ3v) is 0.398. The zero-order chi connectivity index (χ0) is 4.28. The van der Waals surface area contributed by atoms with Crippen LogP contribution in [0.1, 0.15) is 6.92 Å². The monoisotopic (exact) mass is 113 g/mol. The molecule has 0 aliphatic carbocycles. The van der Waals surface area contributed by atoms with Crippen molar-refractivity contribution in [1.82, 2.24) is 5.32 Å². The lowest BCUT2D eigenvalue weighted by molar-refractivity contribution is 0.318. The van der Waals surface area contributed by atoms with Crippen molar-refractivity contribution in [3.8, 4) is 0 Å². The van der Waals surface area contributed by atoms with Gasteiger partial charge in [-0.15, -0.1) is 12.4 Å². The van der Waals surface area contributed by atoms with Crippen LogP contribution in [0.3, 0.4) is 0 Å². The van der Waals surface area contributed by atoms with Crippen molar-refractivity contribution in [2.75, 3.05) is 7.05 Å². The molecule has 3 heteroatoms. The van der Waals surface area contributed by atoms with Gasteiger partial charge < -0.3 is 0 Å². The minimum Gasteiger partial charge on any atom is -0.291 e. The first kappa shape index (κ1) is 9.49. The first-order valence-electron chi connectivity index (χ1n) is 1.58. The van der Waals surface area contributed by atoms with Crippen LogP contribution in [0.4, 0.5) is 4.39 Å². The normalized spacial score (nSPS) is 12.5. The molecule has 1 atom stereocenters. The molecule has 0 heterocycles. The van der Waals surface area contributed by atoms with Gasteiger partial charge in [0, 0.05) is 0 Å².